The minimum atomic E-state index is -0.00292. The topological polar surface area (TPSA) is 119 Å². The molecule has 2 saturated heterocycles. The van der Waals surface area contributed by atoms with E-state index in [1.54, 1.807) is 11.9 Å². The fourth-order valence-corrected chi connectivity index (χ4v) is 11.3. The predicted molar refractivity (Wildman–Crippen MR) is 238 cm³/mol. The van der Waals surface area contributed by atoms with Gasteiger partial charge in [-0.15, -0.1) is 0 Å². The summed E-state index contributed by atoms with van der Waals surface area (Å²) in [6.45, 7) is 7.91. The molecule has 0 bridgehead atoms. The summed E-state index contributed by atoms with van der Waals surface area (Å²) in [4.78, 5) is 47.3. The summed E-state index contributed by atoms with van der Waals surface area (Å²) in [5, 5.41) is 12.7. The van der Waals surface area contributed by atoms with Crippen molar-refractivity contribution in [2.24, 2.45) is 11.3 Å². The summed E-state index contributed by atoms with van der Waals surface area (Å²) >= 11 is 0. The molecule has 61 heavy (non-hydrogen) atoms. The van der Waals surface area contributed by atoms with Gasteiger partial charge in [-0.2, -0.15) is 0 Å². The average Bonchev–Trinajstić information content (AvgIpc) is 3.56. The second-order valence-corrected chi connectivity index (χ2v) is 18.4. The number of hydrogen-bond donors (Lipinski definition) is 2. The number of nitrogens with one attached hydrogen (secondary N) is 1. The van der Waals surface area contributed by atoms with E-state index in [-0.39, 0.29) is 17.7 Å². The van der Waals surface area contributed by atoms with Crippen LogP contribution in [0.3, 0.4) is 0 Å². The molecule has 3 aromatic carbocycles. The van der Waals surface area contributed by atoms with E-state index < -0.39 is 0 Å². The highest BCUT2D eigenvalue weighted by Gasteiger charge is 2.47. The van der Waals surface area contributed by atoms with Gasteiger partial charge in [0.2, 0.25) is 5.91 Å². The smallest absolute Gasteiger partial charge is 0.254 e. The molecule has 0 radical (unpaired) electrons. The number of ether oxygens (including phenoxy) is 1. The summed E-state index contributed by atoms with van der Waals surface area (Å²) in [5.41, 5.74) is 8.82. The lowest BCUT2D eigenvalue weighted by Crippen LogP contribution is -2.59. The number of anilines is 2. The van der Waals surface area contributed by atoms with Crippen LogP contribution in [0.1, 0.15) is 101 Å². The van der Waals surface area contributed by atoms with Crippen molar-refractivity contribution in [3.8, 4) is 11.5 Å². The van der Waals surface area contributed by atoms with Crippen molar-refractivity contribution >= 4 is 29.6 Å². The zero-order chi connectivity index (χ0) is 42.1. The van der Waals surface area contributed by atoms with Gasteiger partial charge in [-0.25, -0.2) is 4.98 Å². The Balaban J connectivity index is 0.000000478. The molecule has 2 N–H and O–H groups in total. The van der Waals surface area contributed by atoms with E-state index in [1.807, 2.05) is 25.2 Å². The number of phenols is 1. The number of pyridine rings is 1. The molecular formula is C50H60N6O5. The Bertz CT molecular complexity index is 2220. The third kappa shape index (κ3) is 8.46. The van der Waals surface area contributed by atoms with Crippen molar-refractivity contribution < 1.29 is 24.2 Å². The van der Waals surface area contributed by atoms with Crippen LogP contribution in [0.25, 0.3) is 0 Å². The minimum Gasteiger partial charge on any atom is -0.508 e. The number of phenolic OH excluding ortho intramolecular Hbond substituents is 1. The number of nitrogens with zero attached hydrogens (tertiary/aromatic N) is 5. The molecular weight excluding hydrogens is 765 g/mol. The molecule has 2 aliphatic carbocycles. The second-order valence-electron chi connectivity index (χ2n) is 18.4. The van der Waals surface area contributed by atoms with Crippen LogP contribution < -0.4 is 19.9 Å². The standard InChI is InChI=1S/C44H49N5O3.C6H11NO2/c1-46-26-33-20-39-40(21-38(33)43(46)51)52-28-34-27-47(17-18-49(34)39)25-29-22-44(23-29)13-15-48(16-14-44)41-12-8-32(24-45-41)42-36(30-5-3-2-4-6-30)10-7-31-19-35(50)9-11-37(31)42;1-7-6(9)4-2-3-5-8/h2-6,8-9,11-12,19-21,24,29,34,36,42,50H,7,10,13-18,22-23,25-28H2,1H3;5H,2-4H2,1H3,(H,7,9). The van der Waals surface area contributed by atoms with Crippen molar-refractivity contribution in [2.75, 3.05) is 69.8 Å². The van der Waals surface area contributed by atoms with Crippen LogP contribution in [0.4, 0.5) is 11.5 Å². The van der Waals surface area contributed by atoms with Crippen molar-refractivity contribution in [3.05, 3.63) is 112 Å². The van der Waals surface area contributed by atoms with Crippen LogP contribution in [-0.2, 0) is 22.6 Å². The second kappa shape index (κ2) is 17.5. The Morgan fingerprint density at radius 2 is 1.80 bits per heavy atom. The molecule has 4 aromatic rings. The largest absolute Gasteiger partial charge is 0.508 e. The number of fused-ring (bicyclic) bond motifs is 5. The lowest BCUT2D eigenvalue weighted by molar-refractivity contribution is -0.120. The summed E-state index contributed by atoms with van der Waals surface area (Å²) in [6.07, 6.45) is 11.8. The highest BCUT2D eigenvalue weighted by atomic mass is 16.5. The van der Waals surface area contributed by atoms with Gasteiger partial charge in [0.15, 0.2) is 0 Å². The van der Waals surface area contributed by atoms with Crippen molar-refractivity contribution in [1.29, 1.82) is 0 Å². The number of carbonyl (C=O) groups excluding carboxylic acids is 3. The molecule has 1 aromatic heterocycles. The number of aldehydes is 1. The first-order chi connectivity index (χ1) is 29.7. The predicted octanol–water partition coefficient (Wildman–Crippen LogP) is 6.92. The SMILES string of the molecule is CN1Cc2cc3c(cc2C1=O)OCC1CN(CC2CC4(CCN(c5ccc(C6c7ccc(O)cc7CCC6c6ccccc6)cn5)CC4)C2)CCN31.CNC(=O)CCCC=O. The Hall–Kier alpha value is -5.42. The number of piperazine rings is 1. The molecule has 4 aliphatic heterocycles. The van der Waals surface area contributed by atoms with Crippen molar-refractivity contribution in [2.45, 2.75) is 82.2 Å². The number of aryl methyl sites for hydroxylation is 1. The molecule has 3 fully saturated rings. The molecule has 5 heterocycles. The van der Waals surface area contributed by atoms with Gasteiger partial charge < -0.3 is 34.7 Å². The van der Waals surface area contributed by atoms with Crippen molar-refractivity contribution in [3.63, 3.8) is 0 Å². The number of hydrogen-bond acceptors (Lipinski definition) is 9. The van der Waals surface area contributed by atoms with Crippen LogP contribution in [-0.4, -0.2) is 104 Å². The highest BCUT2D eigenvalue weighted by molar-refractivity contribution is 5.99. The van der Waals surface area contributed by atoms with Crippen LogP contribution in [0.2, 0.25) is 0 Å². The van der Waals surface area contributed by atoms with E-state index >= 15 is 0 Å². The van der Waals surface area contributed by atoms with Gasteiger partial charge in [0, 0.05) is 90.4 Å². The first kappa shape index (κ1) is 41.0. The van der Waals surface area contributed by atoms with Gasteiger partial charge in [-0.3, -0.25) is 14.5 Å². The third-order valence-corrected chi connectivity index (χ3v) is 14.5. The number of aromatic nitrogens is 1. The van der Waals surface area contributed by atoms with Gasteiger partial charge in [-0.1, -0.05) is 42.5 Å². The molecule has 320 valence electrons. The number of aromatic hydroxyl groups is 1. The monoisotopic (exact) mass is 824 g/mol. The summed E-state index contributed by atoms with van der Waals surface area (Å²) in [5.74, 6) is 3.83. The van der Waals surface area contributed by atoms with Gasteiger partial charge in [0.25, 0.3) is 5.91 Å². The van der Waals surface area contributed by atoms with Gasteiger partial charge in [-0.05, 0) is 120 Å². The quantitative estimate of drug-likeness (QED) is 0.137. The van der Waals surface area contributed by atoms with E-state index in [0.29, 0.717) is 55.5 Å². The van der Waals surface area contributed by atoms with Crippen LogP contribution in [0.5, 0.6) is 11.5 Å². The van der Waals surface area contributed by atoms with Gasteiger partial charge >= 0.3 is 0 Å². The molecule has 11 heteroatoms. The third-order valence-electron chi connectivity index (χ3n) is 14.5. The molecule has 6 aliphatic rings. The number of rotatable bonds is 9. The van der Waals surface area contributed by atoms with E-state index in [1.165, 1.54) is 60.2 Å². The fraction of sp³-hybridized carbons (Fsp3) is 0.480. The van der Waals surface area contributed by atoms with Gasteiger partial charge in [0.05, 0.1) is 11.7 Å². The Labute approximate surface area is 360 Å². The molecule has 10 rings (SSSR count). The zero-order valence-electron chi connectivity index (χ0n) is 35.7. The van der Waals surface area contributed by atoms with Crippen molar-refractivity contribution in [1.82, 2.24) is 20.1 Å². The van der Waals surface area contributed by atoms with E-state index in [0.717, 1.165) is 80.5 Å². The Morgan fingerprint density at radius 1 is 0.984 bits per heavy atom. The first-order valence-electron chi connectivity index (χ1n) is 22.5. The lowest BCUT2D eigenvalue weighted by atomic mass is 9.57. The Morgan fingerprint density at radius 3 is 2.56 bits per heavy atom. The van der Waals surface area contributed by atoms with Crippen LogP contribution in [0.15, 0.2) is 79.0 Å². The van der Waals surface area contributed by atoms with Gasteiger partial charge in [0.1, 0.15) is 30.2 Å². The molecule has 3 atom stereocenters. The van der Waals surface area contributed by atoms with E-state index in [4.69, 9.17) is 9.72 Å². The van der Waals surface area contributed by atoms with E-state index in [9.17, 15) is 19.5 Å². The lowest BCUT2D eigenvalue weighted by Gasteiger charge is -2.54. The molecule has 2 amide bonds. The van der Waals surface area contributed by atoms with E-state index in [2.05, 4.69) is 80.8 Å². The summed E-state index contributed by atoms with van der Waals surface area (Å²) in [7, 11) is 3.46. The maximum absolute atomic E-state index is 12.5. The maximum Gasteiger partial charge on any atom is 0.254 e. The number of benzene rings is 3. The number of unbranched alkanes of at least 4 members (excludes halogenated alkanes) is 1. The maximum atomic E-state index is 12.5. The summed E-state index contributed by atoms with van der Waals surface area (Å²) in [6, 6.07) is 26.0. The fourth-order valence-electron chi connectivity index (χ4n) is 11.3. The number of piperidine rings is 1. The molecule has 3 unspecified atom stereocenters. The number of amides is 2. The first-order valence-corrected chi connectivity index (χ1v) is 22.5. The Kier molecular flexibility index (Phi) is 11.8. The summed E-state index contributed by atoms with van der Waals surface area (Å²) < 4.78 is 6.25. The number of carbonyl (C=O) groups is 3. The van der Waals surface area contributed by atoms with Crippen LogP contribution >= 0.6 is 0 Å². The normalized spacial score (nSPS) is 22.8. The highest BCUT2D eigenvalue weighted by Crippen LogP contribution is 2.53. The molecule has 1 spiro atoms. The average molecular weight is 825 g/mol. The molecule has 1 saturated carbocycles. The molecule has 11 nitrogen and oxygen atoms in total. The minimum absolute atomic E-state index is 0.00292. The van der Waals surface area contributed by atoms with Crippen LogP contribution in [0, 0.1) is 11.3 Å². The zero-order valence-corrected chi connectivity index (χ0v) is 35.7.